The Kier molecular flexibility index (Phi) is 5.11. The van der Waals surface area contributed by atoms with Gasteiger partial charge in [0.25, 0.3) is 0 Å². The Morgan fingerprint density at radius 1 is 1.33 bits per heavy atom. The highest BCUT2D eigenvalue weighted by Gasteiger charge is 2.19. The Balaban J connectivity index is 2.54. The number of rotatable bonds is 6. The van der Waals surface area contributed by atoms with Gasteiger partial charge in [0.1, 0.15) is 11.6 Å². The molecule has 1 aromatic rings. The number of hydrogen-bond donors (Lipinski definition) is 1. The van der Waals surface area contributed by atoms with Crippen LogP contribution in [0, 0.1) is 5.82 Å². The average Bonchev–Trinajstić information content (AvgIpc) is 2.30. The SMILES string of the molecule is COc1ccc(CNCC(C)(C)N(C)C)c(F)c1. The van der Waals surface area contributed by atoms with E-state index in [0.29, 0.717) is 17.9 Å². The quantitative estimate of drug-likeness (QED) is 0.843. The largest absolute Gasteiger partial charge is 0.497 e. The second-order valence-electron chi connectivity index (χ2n) is 5.27. The van der Waals surface area contributed by atoms with E-state index in [1.165, 1.54) is 13.2 Å². The zero-order valence-corrected chi connectivity index (χ0v) is 11.9. The van der Waals surface area contributed by atoms with Gasteiger partial charge in [-0.05, 0) is 34.0 Å². The highest BCUT2D eigenvalue weighted by atomic mass is 19.1. The van der Waals surface area contributed by atoms with E-state index in [2.05, 4.69) is 24.1 Å². The molecule has 0 saturated heterocycles. The summed E-state index contributed by atoms with van der Waals surface area (Å²) in [7, 11) is 5.61. The molecule has 0 aromatic heterocycles. The molecule has 0 unspecified atom stereocenters. The number of likely N-dealkylation sites (N-methyl/N-ethyl adjacent to an activating group) is 1. The number of halogens is 1. The van der Waals surface area contributed by atoms with Crippen molar-refractivity contribution in [2.24, 2.45) is 0 Å². The van der Waals surface area contributed by atoms with Gasteiger partial charge >= 0.3 is 0 Å². The molecule has 0 bridgehead atoms. The van der Waals surface area contributed by atoms with Crippen LogP contribution in [0.15, 0.2) is 18.2 Å². The summed E-state index contributed by atoms with van der Waals surface area (Å²) in [5.74, 6) is 0.314. The molecule has 0 radical (unpaired) electrons. The fourth-order valence-corrected chi connectivity index (χ4v) is 1.46. The standard InChI is InChI=1S/C14H23FN2O/c1-14(2,17(3)4)10-16-9-11-6-7-12(18-5)8-13(11)15/h6-8,16H,9-10H2,1-5H3. The highest BCUT2D eigenvalue weighted by Crippen LogP contribution is 2.16. The summed E-state index contributed by atoms with van der Waals surface area (Å²) in [6, 6.07) is 4.94. The Morgan fingerprint density at radius 2 is 2.00 bits per heavy atom. The lowest BCUT2D eigenvalue weighted by Crippen LogP contribution is -2.46. The lowest BCUT2D eigenvalue weighted by atomic mass is 10.0. The van der Waals surface area contributed by atoms with Crippen molar-refractivity contribution >= 4 is 0 Å². The van der Waals surface area contributed by atoms with Crippen LogP contribution in [0.3, 0.4) is 0 Å². The molecule has 4 heteroatoms. The Morgan fingerprint density at radius 3 is 2.50 bits per heavy atom. The summed E-state index contributed by atoms with van der Waals surface area (Å²) in [5.41, 5.74) is 0.702. The maximum atomic E-state index is 13.7. The molecule has 0 aliphatic heterocycles. The van der Waals surface area contributed by atoms with E-state index in [9.17, 15) is 4.39 Å². The molecule has 1 rings (SSSR count). The molecule has 3 nitrogen and oxygen atoms in total. The summed E-state index contributed by atoms with van der Waals surface area (Å²) in [6.45, 7) is 5.60. The van der Waals surface area contributed by atoms with Gasteiger partial charge in [-0.1, -0.05) is 6.07 Å². The lowest BCUT2D eigenvalue weighted by molar-refractivity contribution is 0.189. The van der Waals surface area contributed by atoms with Gasteiger partial charge < -0.3 is 15.0 Å². The molecule has 0 aliphatic carbocycles. The van der Waals surface area contributed by atoms with Crippen molar-refractivity contribution in [2.75, 3.05) is 27.7 Å². The lowest BCUT2D eigenvalue weighted by Gasteiger charge is -2.32. The van der Waals surface area contributed by atoms with Crippen LogP contribution >= 0.6 is 0 Å². The fourth-order valence-electron chi connectivity index (χ4n) is 1.46. The highest BCUT2D eigenvalue weighted by molar-refractivity contribution is 5.28. The van der Waals surface area contributed by atoms with Gasteiger partial charge in [-0.15, -0.1) is 0 Å². The van der Waals surface area contributed by atoms with Crippen molar-refractivity contribution in [3.05, 3.63) is 29.6 Å². The zero-order chi connectivity index (χ0) is 13.8. The molecule has 18 heavy (non-hydrogen) atoms. The van der Waals surface area contributed by atoms with Gasteiger partial charge in [0.15, 0.2) is 0 Å². The number of nitrogens with zero attached hydrogens (tertiary/aromatic N) is 1. The van der Waals surface area contributed by atoms with Gasteiger partial charge in [0.05, 0.1) is 7.11 Å². The Labute approximate surface area is 109 Å². The maximum absolute atomic E-state index is 13.7. The van der Waals surface area contributed by atoms with Gasteiger partial charge in [-0.3, -0.25) is 0 Å². The molecule has 102 valence electrons. The van der Waals surface area contributed by atoms with Crippen molar-refractivity contribution in [3.8, 4) is 5.75 Å². The van der Waals surface area contributed by atoms with Crippen LogP contribution in [0.4, 0.5) is 4.39 Å². The molecule has 1 N–H and O–H groups in total. The predicted octanol–water partition coefficient (Wildman–Crippen LogP) is 2.26. The predicted molar refractivity (Wildman–Crippen MR) is 72.4 cm³/mol. The monoisotopic (exact) mass is 254 g/mol. The molecule has 0 heterocycles. The summed E-state index contributed by atoms with van der Waals surface area (Å²) >= 11 is 0. The smallest absolute Gasteiger partial charge is 0.131 e. The first-order valence-electron chi connectivity index (χ1n) is 6.07. The second kappa shape index (κ2) is 6.16. The fraction of sp³-hybridized carbons (Fsp3) is 0.571. The van der Waals surface area contributed by atoms with E-state index in [1.54, 1.807) is 12.1 Å². The molecule has 0 aliphatic rings. The first kappa shape index (κ1) is 14.9. The molecule has 0 amide bonds. The van der Waals surface area contributed by atoms with Gasteiger partial charge in [-0.2, -0.15) is 0 Å². The minimum Gasteiger partial charge on any atom is -0.497 e. The van der Waals surface area contributed by atoms with Gasteiger partial charge in [0.2, 0.25) is 0 Å². The molecule has 0 saturated carbocycles. The number of ether oxygens (including phenoxy) is 1. The Hall–Kier alpha value is -1.13. The summed E-state index contributed by atoms with van der Waals surface area (Å²) in [6.07, 6.45) is 0. The molecular formula is C14H23FN2O. The van der Waals surface area contributed by atoms with E-state index in [4.69, 9.17) is 4.74 Å². The van der Waals surface area contributed by atoms with Crippen molar-refractivity contribution in [1.82, 2.24) is 10.2 Å². The van der Waals surface area contributed by atoms with Crippen LogP contribution in [0.5, 0.6) is 5.75 Å². The van der Waals surface area contributed by atoms with E-state index in [1.807, 2.05) is 14.1 Å². The van der Waals surface area contributed by atoms with Crippen LogP contribution < -0.4 is 10.1 Å². The first-order chi connectivity index (χ1) is 8.36. The zero-order valence-electron chi connectivity index (χ0n) is 11.9. The average molecular weight is 254 g/mol. The number of benzene rings is 1. The molecule has 0 fully saturated rings. The minimum absolute atomic E-state index is 0.0446. The normalized spacial score (nSPS) is 11.9. The maximum Gasteiger partial charge on any atom is 0.131 e. The van der Waals surface area contributed by atoms with Crippen molar-refractivity contribution in [2.45, 2.75) is 25.9 Å². The Bertz CT molecular complexity index is 391. The summed E-state index contributed by atoms with van der Waals surface area (Å²) < 4.78 is 18.7. The third kappa shape index (κ3) is 3.96. The van der Waals surface area contributed by atoms with Crippen molar-refractivity contribution in [1.29, 1.82) is 0 Å². The van der Waals surface area contributed by atoms with Crippen molar-refractivity contribution < 1.29 is 9.13 Å². The topological polar surface area (TPSA) is 24.5 Å². The number of methoxy groups -OCH3 is 1. The van der Waals surface area contributed by atoms with E-state index < -0.39 is 0 Å². The van der Waals surface area contributed by atoms with Crippen LogP contribution in [0.1, 0.15) is 19.4 Å². The van der Waals surface area contributed by atoms with Gasteiger partial charge in [0, 0.05) is 30.3 Å². The first-order valence-corrected chi connectivity index (χ1v) is 6.07. The second-order valence-corrected chi connectivity index (χ2v) is 5.27. The number of hydrogen-bond acceptors (Lipinski definition) is 3. The van der Waals surface area contributed by atoms with Crippen LogP contribution in [-0.4, -0.2) is 38.2 Å². The van der Waals surface area contributed by atoms with Crippen LogP contribution in [0.2, 0.25) is 0 Å². The van der Waals surface area contributed by atoms with Crippen LogP contribution in [-0.2, 0) is 6.54 Å². The van der Waals surface area contributed by atoms with E-state index in [-0.39, 0.29) is 11.4 Å². The number of nitrogens with one attached hydrogen (secondary N) is 1. The van der Waals surface area contributed by atoms with Crippen LogP contribution in [0.25, 0.3) is 0 Å². The van der Waals surface area contributed by atoms with Crippen molar-refractivity contribution in [3.63, 3.8) is 0 Å². The summed E-state index contributed by atoms with van der Waals surface area (Å²) in [5, 5.41) is 3.28. The summed E-state index contributed by atoms with van der Waals surface area (Å²) in [4.78, 5) is 2.14. The van der Waals surface area contributed by atoms with E-state index >= 15 is 0 Å². The third-order valence-electron chi connectivity index (χ3n) is 3.34. The van der Waals surface area contributed by atoms with Gasteiger partial charge in [-0.25, -0.2) is 4.39 Å². The molecular weight excluding hydrogens is 231 g/mol. The molecule has 1 aromatic carbocycles. The minimum atomic E-state index is -0.232. The molecule has 0 spiro atoms. The van der Waals surface area contributed by atoms with E-state index in [0.717, 1.165) is 6.54 Å². The third-order valence-corrected chi connectivity index (χ3v) is 3.34. The molecule has 0 atom stereocenters.